The molecule has 3 aromatic carbocycles. The number of anilines is 2. The minimum atomic E-state index is -0.373. The molecule has 1 heterocycles. The normalized spacial score (nSPS) is 16.9. The molecule has 39 heavy (non-hydrogen) atoms. The zero-order valence-electron chi connectivity index (χ0n) is 24.2. The molecule has 0 aromatic heterocycles. The maximum Gasteiger partial charge on any atom is 0.309 e. The van der Waals surface area contributed by atoms with E-state index < -0.39 is 0 Å². The van der Waals surface area contributed by atoms with Gasteiger partial charge in [0.25, 0.3) is 0 Å². The van der Waals surface area contributed by atoms with Crippen LogP contribution in [-0.2, 0) is 22.6 Å². The first kappa shape index (κ1) is 28.5. The zero-order chi connectivity index (χ0) is 28.1. The molecule has 2 unspecified atom stereocenters. The van der Waals surface area contributed by atoms with Gasteiger partial charge in [0.05, 0.1) is 23.9 Å². The zero-order valence-corrected chi connectivity index (χ0v) is 24.2. The van der Waals surface area contributed by atoms with E-state index >= 15 is 0 Å². The van der Waals surface area contributed by atoms with Crippen LogP contribution in [0.5, 0.6) is 5.75 Å². The van der Waals surface area contributed by atoms with E-state index in [9.17, 15) is 4.79 Å². The van der Waals surface area contributed by atoms with Crippen LogP contribution in [0.15, 0.2) is 54.6 Å². The lowest BCUT2D eigenvalue weighted by atomic mass is 9.78. The summed E-state index contributed by atoms with van der Waals surface area (Å²) >= 11 is 0. The number of benzene rings is 3. The molecule has 1 aliphatic heterocycles. The number of nitrogens with one attached hydrogen (secondary N) is 1. The molecule has 6 nitrogen and oxygen atoms in total. The van der Waals surface area contributed by atoms with Crippen molar-refractivity contribution in [2.24, 2.45) is 5.92 Å². The molecule has 0 spiro atoms. The summed E-state index contributed by atoms with van der Waals surface area (Å²) in [4.78, 5) is 15.5. The first-order chi connectivity index (χ1) is 18.8. The quantitative estimate of drug-likeness (QED) is 0.246. The fourth-order valence-electron chi connectivity index (χ4n) is 5.64. The van der Waals surface area contributed by atoms with Crippen LogP contribution in [0.4, 0.5) is 11.4 Å². The lowest BCUT2D eigenvalue weighted by Gasteiger charge is -2.28. The standard InChI is InChI=1S/C33H43N3O3/c1-7-27-20-36(18-25-11-9-10-12-30(25)39-27)19-26-17-24(14-13-21(26)3)31(23(5)33(37)38-8-2)28-15-16-29(35-6)32(34)22(28)4/h9-17,23,27,31,35H,7-8,18-20,34H2,1-6H3/t23?,27?,31-/m1/s1. The van der Waals surface area contributed by atoms with Gasteiger partial charge in [-0.1, -0.05) is 56.3 Å². The Hall–Kier alpha value is -3.51. The van der Waals surface area contributed by atoms with Gasteiger partial charge in [0.15, 0.2) is 0 Å². The maximum absolute atomic E-state index is 13.1. The molecule has 3 N–H and O–H groups in total. The molecule has 0 radical (unpaired) electrons. The Kier molecular flexibility index (Phi) is 9.18. The van der Waals surface area contributed by atoms with Crippen molar-refractivity contribution in [1.29, 1.82) is 0 Å². The fourth-order valence-corrected chi connectivity index (χ4v) is 5.64. The summed E-state index contributed by atoms with van der Waals surface area (Å²) in [6, 6.07) is 19.0. The van der Waals surface area contributed by atoms with Crippen LogP contribution in [0.1, 0.15) is 66.5 Å². The lowest BCUT2D eigenvalue weighted by Crippen LogP contribution is -2.32. The highest BCUT2D eigenvalue weighted by molar-refractivity contribution is 5.76. The van der Waals surface area contributed by atoms with Gasteiger partial charge >= 0.3 is 5.97 Å². The predicted octanol–water partition coefficient (Wildman–Crippen LogP) is 6.43. The van der Waals surface area contributed by atoms with E-state index in [1.54, 1.807) is 0 Å². The van der Waals surface area contributed by atoms with Gasteiger partial charge in [0.2, 0.25) is 0 Å². The molecule has 3 atom stereocenters. The van der Waals surface area contributed by atoms with E-state index in [2.05, 4.69) is 66.5 Å². The molecular weight excluding hydrogens is 486 g/mol. The minimum Gasteiger partial charge on any atom is -0.489 e. The molecule has 3 aromatic rings. The number of hydrogen-bond donors (Lipinski definition) is 2. The van der Waals surface area contributed by atoms with Crippen LogP contribution < -0.4 is 15.8 Å². The number of fused-ring (bicyclic) bond motifs is 1. The van der Waals surface area contributed by atoms with E-state index in [1.807, 2.05) is 40.0 Å². The monoisotopic (exact) mass is 529 g/mol. The smallest absolute Gasteiger partial charge is 0.309 e. The van der Waals surface area contributed by atoms with Crippen LogP contribution in [-0.4, -0.2) is 37.2 Å². The van der Waals surface area contributed by atoms with Crippen molar-refractivity contribution in [3.8, 4) is 5.75 Å². The SMILES string of the molecule is CCOC(=O)C(C)[C@H](c1ccc(C)c(CN2Cc3ccccc3OC(CC)C2)c1)c1ccc(NC)c(N)c1C. The highest BCUT2D eigenvalue weighted by Gasteiger charge is 2.31. The number of ether oxygens (including phenoxy) is 2. The molecule has 0 amide bonds. The number of carbonyl (C=O) groups excluding carboxylic acids is 1. The third-order valence-electron chi connectivity index (χ3n) is 8.02. The van der Waals surface area contributed by atoms with E-state index in [1.165, 1.54) is 16.7 Å². The van der Waals surface area contributed by atoms with Gasteiger partial charge in [0, 0.05) is 38.2 Å². The van der Waals surface area contributed by atoms with Crippen molar-refractivity contribution < 1.29 is 14.3 Å². The fraction of sp³-hybridized carbons (Fsp3) is 0.424. The molecule has 0 fully saturated rings. The number of rotatable bonds is 9. The summed E-state index contributed by atoms with van der Waals surface area (Å²) < 4.78 is 11.8. The first-order valence-corrected chi connectivity index (χ1v) is 14.1. The second-order valence-electron chi connectivity index (χ2n) is 10.6. The Labute approximate surface area is 233 Å². The molecule has 6 heteroatoms. The Morgan fingerprint density at radius 2 is 1.92 bits per heavy atom. The molecular formula is C33H43N3O3. The third-order valence-corrected chi connectivity index (χ3v) is 8.02. The van der Waals surface area contributed by atoms with Crippen LogP contribution in [0.25, 0.3) is 0 Å². The molecule has 0 saturated carbocycles. The maximum atomic E-state index is 13.1. The average Bonchev–Trinajstić information content (AvgIpc) is 3.11. The molecule has 1 aliphatic rings. The van der Waals surface area contributed by atoms with Gasteiger partial charge in [-0.15, -0.1) is 0 Å². The van der Waals surface area contributed by atoms with E-state index in [-0.39, 0.29) is 23.9 Å². The number of para-hydroxylation sites is 1. The summed E-state index contributed by atoms with van der Waals surface area (Å²) in [5.41, 5.74) is 14.9. The van der Waals surface area contributed by atoms with Crippen molar-refractivity contribution in [1.82, 2.24) is 4.90 Å². The number of nitrogens with zero attached hydrogens (tertiary/aromatic N) is 1. The minimum absolute atomic E-state index is 0.144. The molecule has 0 aliphatic carbocycles. The van der Waals surface area contributed by atoms with Crippen molar-refractivity contribution in [2.45, 2.75) is 66.2 Å². The first-order valence-electron chi connectivity index (χ1n) is 14.1. The largest absolute Gasteiger partial charge is 0.489 e. The highest BCUT2D eigenvalue weighted by Crippen LogP contribution is 2.39. The molecule has 4 rings (SSSR count). The Morgan fingerprint density at radius 3 is 2.64 bits per heavy atom. The molecule has 0 bridgehead atoms. The van der Waals surface area contributed by atoms with Gasteiger partial charge in [0.1, 0.15) is 11.9 Å². The molecule has 0 saturated heterocycles. The Morgan fingerprint density at radius 1 is 1.15 bits per heavy atom. The summed E-state index contributed by atoms with van der Waals surface area (Å²) in [5, 5.41) is 3.16. The average molecular weight is 530 g/mol. The number of aryl methyl sites for hydroxylation is 1. The Bertz CT molecular complexity index is 1310. The van der Waals surface area contributed by atoms with E-state index in [0.29, 0.717) is 12.3 Å². The lowest BCUT2D eigenvalue weighted by molar-refractivity contribution is -0.147. The molecule has 208 valence electrons. The topological polar surface area (TPSA) is 76.8 Å². The Balaban J connectivity index is 1.73. The number of hydrogen-bond acceptors (Lipinski definition) is 6. The summed E-state index contributed by atoms with van der Waals surface area (Å²) in [6.45, 7) is 13.0. The number of carbonyl (C=O) groups is 1. The van der Waals surface area contributed by atoms with Crippen LogP contribution in [0.2, 0.25) is 0 Å². The summed E-state index contributed by atoms with van der Waals surface area (Å²) in [7, 11) is 1.87. The summed E-state index contributed by atoms with van der Waals surface area (Å²) in [6.07, 6.45) is 1.09. The van der Waals surface area contributed by atoms with Crippen LogP contribution in [0.3, 0.4) is 0 Å². The number of nitrogen functional groups attached to an aromatic ring is 1. The van der Waals surface area contributed by atoms with Crippen molar-refractivity contribution >= 4 is 17.3 Å². The van der Waals surface area contributed by atoms with E-state index in [4.69, 9.17) is 15.2 Å². The second-order valence-corrected chi connectivity index (χ2v) is 10.6. The highest BCUT2D eigenvalue weighted by atomic mass is 16.5. The second kappa shape index (κ2) is 12.6. The summed E-state index contributed by atoms with van der Waals surface area (Å²) in [5.74, 6) is 0.223. The van der Waals surface area contributed by atoms with Crippen LogP contribution >= 0.6 is 0 Å². The van der Waals surface area contributed by atoms with Gasteiger partial charge < -0.3 is 20.5 Å². The van der Waals surface area contributed by atoms with Gasteiger partial charge in [-0.2, -0.15) is 0 Å². The van der Waals surface area contributed by atoms with Crippen molar-refractivity contribution in [3.05, 3.63) is 88.0 Å². The number of nitrogens with two attached hydrogens (primary N) is 1. The van der Waals surface area contributed by atoms with Crippen molar-refractivity contribution in [3.63, 3.8) is 0 Å². The predicted molar refractivity (Wildman–Crippen MR) is 159 cm³/mol. The van der Waals surface area contributed by atoms with Gasteiger partial charge in [-0.25, -0.2) is 0 Å². The number of esters is 1. The van der Waals surface area contributed by atoms with Crippen molar-refractivity contribution in [2.75, 3.05) is 31.2 Å². The van der Waals surface area contributed by atoms with Gasteiger partial charge in [-0.05, 0) is 67.1 Å². The van der Waals surface area contributed by atoms with Gasteiger partial charge in [-0.3, -0.25) is 9.69 Å². The van der Waals surface area contributed by atoms with E-state index in [0.717, 1.165) is 54.2 Å². The van der Waals surface area contributed by atoms with Crippen LogP contribution in [0, 0.1) is 19.8 Å². The third kappa shape index (κ3) is 6.22.